The summed E-state index contributed by atoms with van der Waals surface area (Å²) in [6.07, 6.45) is -0.553. The Bertz CT molecular complexity index is 533. The predicted molar refractivity (Wildman–Crippen MR) is 80.7 cm³/mol. The van der Waals surface area contributed by atoms with Gasteiger partial charge in [-0.25, -0.2) is 4.39 Å². The van der Waals surface area contributed by atoms with Gasteiger partial charge in [-0.3, -0.25) is 9.69 Å². The molecule has 2 aliphatic heterocycles. The van der Waals surface area contributed by atoms with E-state index < -0.39 is 6.10 Å². The van der Waals surface area contributed by atoms with Crippen LogP contribution in [-0.2, 0) is 9.53 Å². The van der Waals surface area contributed by atoms with Gasteiger partial charge in [0.05, 0.1) is 25.4 Å². The minimum atomic E-state index is -0.553. The van der Waals surface area contributed by atoms with E-state index >= 15 is 0 Å². The highest BCUT2D eigenvalue weighted by Crippen LogP contribution is 2.18. The molecule has 0 unspecified atom stereocenters. The van der Waals surface area contributed by atoms with Gasteiger partial charge in [-0.05, 0) is 24.3 Å². The van der Waals surface area contributed by atoms with Gasteiger partial charge in [0.15, 0.2) is 6.61 Å². The van der Waals surface area contributed by atoms with Crippen LogP contribution in [0.4, 0.5) is 4.39 Å². The number of amides is 1. The number of nitrogens with zero attached hydrogens (tertiary/aromatic N) is 2. The number of benzene rings is 1. The predicted octanol–water partition coefficient (Wildman–Crippen LogP) is 0.108. The highest BCUT2D eigenvalue weighted by atomic mass is 19.1. The van der Waals surface area contributed by atoms with Crippen molar-refractivity contribution in [3.8, 4) is 5.75 Å². The lowest BCUT2D eigenvalue weighted by atomic mass is 10.2. The van der Waals surface area contributed by atoms with Crippen LogP contribution in [0.15, 0.2) is 24.3 Å². The number of hydrogen-bond donors (Lipinski definition) is 1. The van der Waals surface area contributed by atoms with Crippen molar-refractivity contribution in [1.82, 2.24) is 9.80 Å². The molecule has 1 N–H and O–H groups in total. The minimum absolute atomic E-state index is 0.0475. The summed E-state index contributed by atoms with van der Waals surface area (Å²) >= 11 is 0. The molecule has 1 aromatic rings. The first-order chi connectivity index (χ1) is 11.1. The van der Waals surface area contributed by atoms with E-state index in [1.807, 2.05) is 0 Å². The summed E-state index contributed by atoms with van der Waals surface area (Å²) < 4.78 is 23.5. The summed E-state index contributed by atoms with van der Waals surface area (Å²) in [6.45, 7) is 3.55. The Balaban J connectivity index is 1.51. The maximum atomic E-state index is 12.8. The van der Waals surface area contributed by atoms with Gasteiger partial charge >= 0.3 is 0 Å². The molecule has 7 heteroatoms. The van der Waals surface area contributed by atoms with Gasteiger partial charge < -0.3 is 19.5 Å². The average molecular weight is 324 g/mol. The zero-order chi connectivity index (χ0) is 16.2. The third kappa shape index (κ3) is 3.99. The topological polar surface area (TPSA) is 62.2 Å². The number of rotatable bonds is 4. The quantitative estimate of drug-likeness (QED) is 0.852. The second-order valence-corrected chi connectivity index (χ2v) is 5.82. The molecule has 3 rings (SSSR count). The Morgan fingerprint density at radius 3 is 2.65 bits per heavy atom. The lowest BCUT2D eigenvalue weighted by Crippen LogP contribution is -2.49. The second-order valence-electron chi connectivity index (χ2n) is 5.82. The molecule has 0 radical (unpaired) electrons. The van der Waals surface area contributed by atoms with Crippen LogP contribution >= 0.6 is 0 Å². The van der Waals surface area contributed by atoms with E-state index in [1.54, 1.807) is 4.90 Å². The summed E-state index contributed by atoms with van der Waals surface area (Å²) in [6, 6.07) is 5.49. The number of ether oxygens (including phenoxy) is 2. The second kappa shape index (κ2) is 7.25. The fourth-order valence-corrected chi connectivity index (χ4v) is 3.01. The Morgan fingerprint density at radius 2 is 1.96 bits per heavy atom. The molecule has 0 saturated carbocycles. The fraction of sp³-hybridized carbons (Fsp3) is 0.562. The Morgan fingerprint density at radius 1 is 1.26 bits per heavy atom. The van der Waals surface area contributed by atoms with Crippen molar-refractivity contribution in [2.45, 2.75) is 12.1 Å². The van der Waals surface area contributed by atoms with Crippen molar-refractivity contribution in [3.63, 3.8) is 0 Å². The number of hydrogen-bond acceptors (Lipinski definition) is 5. The van der Waals surface area contributed by atoms with Crippen molar-refractivity contribution < 1.29 is 23.8 Å². The number of aliphatic hydroxyl groups is 1. The van der Waals surface area contributed by atoms with Gasteiger partial charge in [-0.15, -0.1) is 0 Å². The van der Waals surface area contributed by atoms with Gasteiger partial charge in [-0.2, -0.15) is 0 Å². The van der Waals surface area contributed by atoms with Crippen LogP contribution in [0.3, 0.4) is 0 Å². The van der Waals surface area contributed by atoms with Crippen LogP contribution in [0.1, 0.15) is 0 Å². The van der Waals surface area contributed by atoms with E-state index in [-0.39, 0.29) is 24.4 Å². The van der Waals surface area contributed by atoms with Crippen LogP contribution in [0.5, 0.6) is 5.75 Å². The van der Waals surface area contributed by atoms with E-state index in [9.17, 15) is 14.3 Å². The lowest BCUT2D eigenvalue weighted by molar-refractivity contribution is -0.132. The van der Waals surface area contributed by atoms with Gasteiger partial charge in [-0.1, -0.05) is 0 Å². The van der Waals surface area contributed by atoms with Gasteiger partial charge in [0.25, 0.3) is 5.91 Å². The Hall–Kier alpha value is -1.70. The van der Waals surface area contributed by atoms with E-state index in [2.05, 4.69) is 4.90 Å². The molecule has 2 heterocycles. The van der Waals surface area contributed by atoms with Gasteiger partial charge in [0.2, 0.25) is 0 Å². The van der Waals surface area contributed by atoms with Crippen LogP contribution in [0, 0.1) is 5.82 Å². The number of morpholine rings is 1. The summed E-state index contributed by atoms with van der Waals surface area (Å²) in [5.41, 5.74) is 0. The molecule has 0 aromatic heterocycles. The highest BCUT2D eigenvalue weighted by molar-refractivity contribution is 5.78. The molecule has 6 nitrogen and oxygen atoms in total. The van der Waals surface area contributed by atoms with Gasteiger partial charge in [0, 0.05) is 26.2 Å². The summed E-state index contributed by atoms with van der Waals surface area (Å²) in [5, 5.41) is 10.2. The maximum Gasteiger partial charge on any atom is 0.260 e. The molecular formula is C16H21FN2O4. The first-order valence-electron chi connectivity index (χ1n) is 7.79. The molecule has 23 heavy (non-hydrogen) atoms. The number of aliphatic hydroxyl groups excluding tert-OH is 1. The Kier molecular flexibility index (Phi) is 5.09. The van der Waals surface area contributed by atoms with Crippen LogP contribution < -0.4 is 4.74 Å². The minimum Gasteiger partial charge on any atom is -0.484 e. The molecule has 0 spiro atoms. The van der Waals surface area contributed by atoms with Crippen molar-refractivity contribution in [3.05, 3.63) is 30.1 Å². The molecule has 1 aromatic carbocycles. The molecule has 0 bridgehead atoms. The molecule has 2 fully saturated rings. The summed E-state index contributed by atoms with van der Waals surface area (Å²) in [7, 11) is 0. The summed E-state index contributed by atoms with van der Waals surface area (Å²) in [4.78, 5) is 16.0. The van der Waals surface area contributed by atoms with Crippen LogP contribution in [-0.4, -0.2) is 79.0 Å². The zero-order valence-corrected chi connectivity index (χ0v) is 12.9. The number of β-amino-alcohol motifs (C(OH)–C–C–N with tert-alkyl or cyclic N) is 1. The molecule has 0 aliphatic carbocycles. The van der Waals surface area contributed by atoms with Crippen molar-refractivity contribution in [2.24, 2.45) is 0 Å². The van der Waals surface area contributed by atoms with Crippen molar-refractivity contribution in [1.29, 1.82) is 0 Å². The van der Waals surface area contributed by atoms with E-state index in [0.29, 0.717) is 32.1 Å². The van der Waals surface area contributed by atoms with E-state index in [1.165, 1.54) is 24.3 Å². The molecule has 126 valence electrons. The SMILES string of the molecule is O=C(COc1ccc(F)cc1)N1C[C@@H](O)[C@H](N2CCOCC2)C1. The van der Waals surface area contributed by atoms with Crippen molar-refractivity contribution >= 4 is 5.91 Å². The number of halogens is 1. The van der Waals surface area contributed by atoms with Crippen LogP contribution in [0.25, 0.3) is 0 Å². The fourth-order valence-electron chi connectivity index (χ4n) is 3.01. The first kappa shape index (κ1) is 16.2. The Labute approximate surface area is 134 Å². The van der Waals surface area contributed by atoms with E-state index in [0.717, 1.165) is 13.1 Å². The number of carbonyl (C=O) groups is 1. The highest BCUT2D eigenvalue weighted by Gasteiger charge is 2.38. The lowest BCUT2D eigenvalue weighted by Gasteiger charge is -2.33. The third-order valence-corrected chi connectivity index (χ3v) is 4.30. The molecular weight excluding hydrogens is 303 g/mol. The zero-order valence-electron chi connectivity index (χ0n) is 12.9. The maximum absolute atomic E-state index is 12.8. The third-order valence-electron chi connectivity index (χ3n) is 4.30. The monoisotopic (exact) mass is 324 g/mol. The molecule has 2 atom stereocenters. The smallest absolute Gasteiger partial charge is 0.260 e. The number of likely N-dealkylation sites (tertiary alicyclic amines) is 1. The summed E-state index contributed by atoms with van der Waals surface area (Å²) in [5.74, 6) is -0.0759. The van der Waals surface area contributed by atoms with E-state index in [4.69, 9.17) is 9.47 Å². The largest absolute Gasteiger partial charge is 0.484 e. The van der Waals surface area contributed by atoms with Crippen LogP contribution in [0.2, 0.25) is 0 Å². The standard InChI is InChI=1S/C16H21FN2O4/c17-12-1-3-13(4-2-12)23-11-16(21)19-9-14(15(20)10-19)18-5-7-22-8-6-18/h1-4,14-15,20H,5-11H2/t14-,15-/m1/s1. The molecule has 2 saturated heterocycles. The molecule has 1 amide bonds. The molecule has 2 aliphatic rings. The average Bonchev–Trinajstić information content (AvgIpc) is 2.97. The van der Waals surface area contributed by atoms with Crippen molar-refractivity contribution in [2.75, 3.05) is 46.0 Å². The number of carbonyl (C=O) groups excluding carboxylic acids is 1. The first-order valence-corrected chi connectivity index (χ1v) is 7.79. The normalized spacial score (nSPS) is 25.6. The van der Waals surface area contributed by atoms with Gasteiger partial charge in [0.1, 0.15) is 11.6 Å².